The molecule has 1 saturated heterocycles. The lowest BCUT2D eigenvalue weighted by Crippen LogP contribution is -2.35. The van der Waals surface area contributed by atoms with Crippen LogP contribution in [0.2, 0.25) is 0 Å². The Labute approximate surface area is 188 Å². The highest BCUT2D eigenvalue weighted by Gasteiger charge is 2.42. The molecule has 1 aliphatic rings. The molecular weight excluding hydrogens is 480 g/mol. The second-order valence-electron chi connectivity index (χ2n) is 7.63. The molecule has 0 saturated carbocycles. The number of halogens is 8. The Balaban J connectivity index is 1.94. The van der Waals surface area contributed by atoms with Gasteiger partial charge >= 0.3 is 19.0 Å². The number of ether oxygens (including phenoxy) is 1. The first-order valence-corrected chi connectivity index (χ1v) is 9.85. The normalized spacial score (nSPS) is 19.1. The average molecular weight is 498 g/mol. The number of benzene rings is 1. The number of hydrogen-bond donors (Lipinski definition) is 1. The van der Waals surface area contributed by atoms with Crippen molar-refractivity contribution >= 4 is 5.91 Å². The standard InChI is InChI=1S/C21H18F8N2O3/c1-10-12(3-2-4-16(10)34-19(22)23)18-15(32)5-6-31(18)17(33)8-14-13(21(27,28)29)7-11(9-30-14)20(24,25)26/h2-4,7,9,15,18-19,32H,5-6,8H2,1H3/t15-,18-/m1/s1. The largest absolute Gasteiger partial charge is 0.435 e. The third kappa shape index (κ3) is 5.40. The average Bonchev–Trinajstić information content (AvgIpc) is 3.09. The quantitative estimate of drug-likeness (QED) is 0.596. The van der Waals surface area contributed by atoms with Crippen molar-refractivity contribution in [2.45, 2.75) is 50.9 Å². The van der Waals surface area contributed by atoms with E-state index in [2.05, 4.69) is 9.72 Å². The predicted molar refractivity (Wildman–Crippen MR) is 101 cm³/mol. The van der Waals surface area contributed by atoms with Crippen molar-refractivity contribution < 1.29 is 49.8 Å². The zero-order chi connectivity index (χ0) is 25.4. The maximum absolute atomic E-state index is 13.4. The molecule has 0 aliphatic carbocycles. The fourth-order valence-electron chi connectivity index (χ4n) is 3.89. The van der Waals surface area contributed by atoms with Crippen LogP contribution in [0.5, 0.6) is 5.75 Å². The molecule has 13 heteroatoms. The summed E-state index contributed by atoms with van der Waals surface area (Å²) in [4.78, 5) is 17.2. The molecule has 2 aromatic rings. The molecule has 0 spiro atoms. The lowest BCUT2D eigenvalue weighted by atomic mass is 9.96. The highest BCUT2D eigenvalue weighted by molar-refractivity contribution is 5.80. The Hall–Kier alpha value is -2.96. The number of aliphatic hydroxyl groups excluding tert-OH is 1. The van der Waals surface area contributed by atoms with Gasteiger partial charge in [0.25, 0.3) is 0 Å². The Bertz CT molecular complexity index is 1060. The minimum absolute atomic E-state index is 0.0440. The van der Waals surface area contributed by atoms with Gasteiger partial charge in [-0.1, -0.05) is 12.1 Å². The highest BCUT2D eigenvalue weighted by Crippen LogP contribution is 2.39. The van der Waals surface area contributed by atoms with E-state index >= 15 is 0 Å². The van der Waals surface area contributed by atoms with E-state index in [9.17, 15) is 45.0 Å². The molecule has 1 fully saturated rings. The number of carbonyl (C=O) groups excluding carboxylic acids is 1. The molecule has 2 atom stereocenters. The van der Waals surface area contributed by atoms with Crippen molar-refractivity contribution in [2.75, 3.05) is 6.54 Å². The van der Waals surface area contributed by atoms with E-state index in [1.807, 2.05) is 0 Å². The van der Waals surface area contributed by atoms with Gasteiger partial charge in [0.15, 0.2) is 0 Å². The predicted octanol–water partition coefficient (Wildman–Crippen LogP) is 4.91. The van der Waals surface area contributed by atoms with Gasteiger partial charge in [0, 0.05) is 12.7 Å². The maximum Gasteiger partial charge on any atom is 0.418 e. The van der Waals surface area contributed by atoms with Gasteiger partial charge in [-0.05, 0) is 36.6 Å². The van der Waals surface area contributed by atoms with Gasteiger partial charge in [-0.2, -0.15) is 35.1 Å². The first-order chi connectivity index (χ1) is 15.7. The van der Waals surface area contributed by atoms with Crippen molar-refractivity contribution in [3.63, 3.8) is 0 Å². The summed E-state index contributed by atoms with van der Waals surface area (Å²) in [6, 6.07) is 2.86. The number of alkyl halides is 8. The van der Waals surface area contributed by atoms with Crippen LogP contribution < -0.4 is 4.74 Å². The summed E-state index contributed by atoms with van der Waals surface area (Å²) in [6.45, 7) is -1.79. The Morgan fingerprint density at radius 3 is 2.47 bits per heavy atom. The summed E-state index contributed by atoms with van der Waals surface area (Å²) >= 11 is 0. The summed E-state index contributed by atoms with van der Waals surface area (Å²) in [5.41, 5.74) is -3.78. The number of aliphatic hydroxyl groups is 1. The number of pyridine rings is 1. The highest BCUT2D eigenvalue weighted by atomic mass is 19.4. The van der Waals surface area contributed by atoms with E-state index in [-0.39, 0.29) is 42.1 Å². The maximum atomic E-state index is 13.4. The summed E-state index contributed by atoms with van der Waals surface area (Å²) < 4.78 is 109. The summed E-state index contributed by atoms with van der Waals surface area (Å²) in [6.07, 6.45) is -12.2. The molecule has 3 rings (SSSR count). The summed E-state index contributed by atoms with van der Waals surface area (Å²) in [5, 5.41) is 10.4. The van der Waals surface area contributed by atoms with Crippen LogP contribution in [0.4, 0.5) is 35.1 Å². The minimum atomic E-state index is -5.20. The zero-order valence-electron chi connectivity index (χ0n) is 17.4. The summed E-state index contributed by atoms with van der Waals surface area (Å²) in [7, 11) is 0. The van der Waals surface area contributed by atoms with Gasteiger partial charge in [-0.25, -0.2) is 0 Å². The molecular formula is C21H18F8N2O3. The smallest absolute Gasteiger partial charge is 0.418 e. The molecule has 0 radical (unpaired) electrons. The van der Waals surface area contributed by atoms with Gasteiger partial charge in [-0.3, -0.25) is 9.78 Å². The molecule has 186 valence electrons. The number of aromatic nitrogens is 1. The van der Waals surface area contributed by atoms with E-state index in [1.165, 1.54) is 25.1 Å². The van der Waals surface area contributed by atoms with Gasteiger partial charge in [0.2, 0.25) is 5.91 Å². The van der Waals surface area contributed by atoms with Crippen molar-refractivity contribution in [2.24, 2.45) is 0 Å². The number of carbonyl (C=O) groups is 1. The number of likely N-dealkylation sites (tertiary alicyclic amines) is 1. The van der Waals surface area contributed by atoms with Gasteiger partial charge < -0.3 is 14.7 Å². The number of amides is 1. The Kier molecular flexibility index (Phi) is 7.06. The lowest BCUT2D eigenvalue weighted by Gasteiger charge is -2.29. The zero-order valence-corrected chi connectivity index (χ0v) is 17.4. The van der Waals surface area contributed by atoms with Gasteiger partial charge in [0.1, 0.15) is 5.75 Å². The molecule has 34 heavy (non-hydrogen) atoms. The SMILES string of the molecule is Cc1c(OC(F)F)cccc1[C@@H]1[C@H](O)CCN1C(=O)Cc1ncc(C(F)(F)F)cc1C(F)(F)F. The molecule has 2 heterocycles. The van der Waals surface area contributed by atoms with Crippen LogP contribution in [-0.2, 0) is 23.6 Å². The molecule has 5 nitrogen and oxygen atoms in total. The third-order valence-corrected chi connectivity index (χ3v) is 5.47. The fourth-order valence-corrected chi connectivity index (χ4v) is 3.89. The fraction of sp³-hybridized carbons (Fsp3) is 0.429. The van der Waals surface area contributed by atoms with E-state index in [0.29, 0.717) is 0 Å². The van der Waals surface area contributed by atoms with Crippen LogP contribution in [0.1, 0.15) is 40.4 Å². The van der Waals surface area contributed by atoms with Crippen LogP contribution in [0.15, 0.2) is 30.5 Å². The Morgan fingerprint density at radius 2 is 1.88 bits per heavy atom. The Morgan fingerprint density at radius 1 is 1.21 bits per heavy atom. The number of rotatable bonds is 5. The van der Waals surface area contributed by atoms with Crippen LogP contribution >= 0.6 is 0 Å². The minimum Gasteiger partial charge on any atom is -0.435 e. The van der Waals surface area contributed by atoms with Crippen LogP contribution in [-0.4, -0.2) is 40.2 Å². The molecule has 1 aromatic heterocycles. The van der Waals surface area contributed by atoms with E-state index in [4.69, 9.17) is 0 Å². The first kappa shape index (κ1) is 25.7. The monoisotopic (exact) mass is 498 g/mol. The van der Waals surface area contributed by atoms with Crippen LogP contribution in [0.25, 0.3) is 0 Å². The van der Waals surface area contributed by atoms with Crippen LogP contribution in [0.3, 0.4) is 0 Å². The van der Waals surface area contributed by atoms with Gasteiger partial charge in [0.05, 0.1) is 35.4 Å². The second kappa shape index (κ2) is 9.35. The molecule has 1 N–H and O–H groups in total. The van der Waals surface area contributed by atoms with E-state index in [1.54, 1.807) is 0 Å². The lowest BCUT2D eigenvalue weighted by molar-refractivity contribution is -0.144. The topological polar surface area (TPSA) is 62.7 Å². The molecule has 1 aliphatic heterocycles. The van der Waals surface area contributed by atoms with E-state index < -0.39 is 60.3 Å². The number of hydrogen-bond acceptors (Lipinski definition) is 4. The second-order valence-corrected chi connectivity index (χ2v) is 7.63. The summed E-state index contributed by atoms with van der Waals surface area (Å²) in [5.74, 6) is -1.14. The molecule has 0 unspecified atom stereocenters. The van der Waals surface area contributed by atoms with Gasteiger partial charge in [-0.15, -0.1) is 0 Å². The molecule has 1 aromatic carbocycles. The van der Waals surface area contributed by atoms with Crippen molar-refractivity contribution in [3.05, 3.63) is 58.4 Å². The van der Waals surface area contributed by atoms with E-state index in [0.717, 1.165) is 4.90 Å². The van der Waals surface area contributed by atoms with Crippen molar-refractivity contribution in [1.29, 1.82) is 0 Å². The molecule has 0 bridgehead atoms. The van der Waals surface area contributed by atoms with Crippen molar-refractivity contribution in [3.8, 4) is 5.75 Å². The van der Waals surface area contributed by atoms with Crippen LogP contribution in [0, 0.1) is 6.92 Å². The molecule has 1 amide bonds. The van der Waals surface area contributed by atoms with Crippen molar-refractivity contribution in [1.82, 2.24) is 9.88 Å². The third-order valence-electron chi connectivity index (χ3n) is 5.47. The number of nitrogens with zero attached hydrogens (tertiary/aromatic N) is 2. The first-order valence-electron chi connectivity index (χ1n) is 9.85.